The topological polar surface area (TPSA) is 270 Å². The van der Waals surface area contributed by atoms with Gasteiger partial charge in [-0.15, -0.1) is 0 Å². The first-order valence-corrected chi connectivity index (χ1v) is 19.2. The molecule has 250 valence electrons. The Bertz CT molecular complexity index is 2120. The summed E-state index contributed by atoms with van der Waals surface area (Å²) in [4.78, 5) is 47.0. The molecule has 4 aromatic heterocycles. The molecule has 9 rings (SSSR count). The maximum absolute atomic E-state index is 13.9. The zero-order valence-corrected chi connectivity index (χ0v) is 27.1. The van der Waals surface area contributed by atoms with Gasteiger partial charge in [0.25, 0.3) is 5.56 Å². The van der Waals surface area contributed by atoms with Crippen LogP contribution >= 0.6 is 25.8 Å². The van der Waals surface area contributed by atoms with E-state index in [4.69, 9.17) is 60.3 Å². The molecule has 25 heteroatoms. The number of ether oxygens (including phenoxy) is 4. The van der Waals surface area contributed by atoms with Gasteiger partial charge >= 0.3 is 13.5 Å². The van der Waals surface area contributed by atoms with Crippen LogP contribution in [0.25, 0.3) is 22.3 Å². The lowest BCUT2D eigenvalue weighted by Crippen LogP contribution is -2.48. The van der Waals surface area contributed by atoms with Gasteiger partial charge in [0, 0.05) is 0 Å². The average Bonchev–Trinajstić information content (AvgIpc) is 3.86. The lowest BCUT2D eigenvalue weighted by Gasteiger charge is -2.36. The van der Waals surface area contributed by atoms with E-state index < -0.39 is 80.4 Å². The molecule has 9 heterocycles. The number of nitrogens with zero attached hydrogens (tertiary/aromatic N) is 7. The van der Waals surface area contributed by atoms with Crippen molar-refractivity contribution in [1.82, 2.24) is 39.0 Å². The molecule has 47 heavy (non-hydrogen) atoms. The van der Waals surface area contributed by atoms with E-state index in [1.54, 1.807) is 4.57 Å². The zero-order chi connectivity index (χ0) is 32.5. The minimum Gasteiger partial charge on any atom is -0.382 e. The van der Waals surface area contributed by atoms with Gasteiger partial charge < -0.3 is 39.8 Å². The van der Waals surface area contributed by atoms with Crippen LogP contribution in [0, 0.1) is 0 Å². The van der Waals surface area contributed by atoms with Crippen LogP contribution < -0.4 is 17.0 Å². The van der Waals surface area contributed by atoms with Crippen LogP contribution in [0.1, 0.15) is 12.5 Å². The van der Waals surface area contributed by atoms with Crippen LogP contribution in [0.3, 0.4) is 0 Å². The van der Waals surface area contributed by atoms with Crippen LogP contribution in [0.4, 0.5) is 11.8 Å². The highest BCUT2D eigenvalue weighted by atomic mass is 32.7. The van der Waals surface area contributed by atoms with E-state index in [0.717, 1.165) is 0 Å². The first-order valence-electron chi connectivity index (χ1n) is 13.9. The molecule has 5 saturated heterocycles. The molecule has 5 aliphatic rings. The van der Waals surface area contributed by atoms with Crippen molar-refractivity contribution in [2.24, 2.45) is 0 Å². The largest absolute Gasteiger partial charge is 0.386 e. The smallest absolute Gasteiger partial charge is 0.382 e. The van der Waals surface area contributed by atoms with E-state index in [-0.39, 0.29) is 36.1 Å². The number of nitrogens with two attached hydrogens (primary N) is 2. The monoisotopic (exact) mass is 730 g/mol. The quantitative estimate of drug-likeness (QED) is 0.129. The summed E-state index contributed by atoms with van der Waals surface area (Å²) < 4.78 is 65.6. The van der Waals surface area contributed by atoms with Gasteiger partial charge in [0.15, 0.2) is 35.1 Å². The molecule has 0 aromatic carbocycles. The Morgan fingerprint density at radius 3 is 2.23 bits per heavy atom. The van der Waals surface area contributed by atoms with Crippen LogP contribution in [0.2, 0.25) is 0 Å². The summed E-state index contributed by atoms with van der Waals surface area (Å²) in [6.07, 6.45) is -1.89. The molecule has 0 radical (unpaired) electrons. The molecule has 4 aromatic rings. The van der Waals surface area contributed by atoms with Crippen molar-refractivity contribution < 1.29 is 46.5 Å². The number of fused-ring (bicyclic) bond motifs is 2. The van der Waals surface area contributed by atoms with E-state index in [2.05, 4.69) is 42.2 Å². The number of imidazole rings is 2. The third-order valence-corrected chi connectivity index (χ3v) is 11.9. The molecule has 2 unspecified atom stereocenters. The first kappa shape index (κ1) is 30.4. The fraction of sp³-hybridized carbons (Fsp3) is 0.545. The van der Waals surface area contributed by atoms with Crippen molar-refractivity contribution in [2.75, 3.05) is 37.9 Å². The molecule has 10 atom stereocenters. The predicted molar refractivity (Wildman–Crippen MR) is 162 cm³/mol. The van der Waals surface area contributed by atoms with Gasteiger partial charge in [0.1, 0.15) is 47.5 Å². The third kappa shape index (κ3) is 4.58. The number of nitrogen functional groups attached to an aromatic ring is 2. The summed E-state index contributed by atoms with van der Waals surface area (Å²) >= 11 is 9.73. The Hall–Kier alpha value is -2.63. The van der Waals surface area contributed by atoms with Gasteiger partial charge in [-0.1, -0.05) is 12.2 Å². The van der Waals surface area contributed by atoms with Crippen molar-refractivity contribution in [3.05, 3.63) is 29.3 Å². The molecule has 0 aliphatic carbocycles. The Labute approximate surface area is 272 Å². The summed E-state index contributed by atoms with van der Waals surface area (Å²) in [5.74, 6) is 0.0210. The Kier molecular flexibility index (Phi) is 6.60. The second-order valence-corrected chi connectivity index (χ2v) is 17.3. The molecule has 5 aliphatic heterocycles. The van der Waals surface area contributed by atoms with Crippen LogP contribution in [0.5, 0.6) is 0 Å². The normalized spacial score (nSPS) is 41.6. The fourth-order valence-electron chi connectivity index (χ4n) is 6.67. The lowest BCUT2D eigenvalue weighted by atomic mass is 10.0. The summed E-state index contributed by atoms with van der Waals surface area (Å²) in [5, 5.41) is 0. The Morgan fingerprint density at radius 2 is 1.53 bits per heavy atom. The summed E-state index contributed by atoms with van der Waals surface area (Å²) in [5.41, 5.74) is 9.05. The highest BCUT2D eigenvalue weighted by molar-refractivity contribution is 8.44. The summed E-state index contributed by atoms with van der Waals surface area (Å²) in [7, 11) is 0. The second-order valence-electron chi connectivity index (χ2n) is 11.6. The lowest BCUT2D eigenvalue weighted by molar-refractivity contribution is -0.187. The zero-order valence-electron chi connectivity index (χ0n) is 23.6. The van der Waals surface area contributed by atoms with Crippen molar-refractivity contribution in [3.63, 3.8) is 0 Å². The highest BCUT2D eigenvalue weighted by Gasteiger charge is 2.68. The number of aromatic amines is 1. The molecule has 21 nitrogen and oxygen atoms in total. The SMILES string of the molecule is Nc1nc2c(ncn2[C@@H]2O[C@@]34CO[C@@H]2[C@@H]3OP(=O)(S)OC[C@@]23CO[C@@H]([C@H](n5cnc6c(N)ncnc65)O2)[C@@H]3OP(O)(=S)OC4)c(=O)[nH]1. The maximum Gasteiger partial charge on any atom is 0.386 e. The maximum atomic E-state index is 13.9. The predicted octanol–water partition coefficient (Wildman–Crippen LogP) is -0.471. The van der Waals surface area contributed by atoms with E-state index >= 15 is 0 Å². The molecule has 0 spiro atoms. The van der Waals surface area contributed by atoms with Gasteiger partial charge in [-0.25, -0.2) is 24.5 Å². The van der Waals surface area contributed by atoms with Gasteiger partial charge in [0.05, 0.1) is 39.1 Å². The number of aromatic nitrogens is 8. The number of nitrogens with one attached hydrogen (secondary N) is 1. The Morgan fingerprint density at radius 1 is 0.915 bits per heavy atom. The molecule has 0 amide bonds. The first-order chi connectivity index (χ1) is 22.4. The number of H-pyrrole nitrogens is 1. The number of rotatable bonds is 2. The van der Waals surface area contributed by atoms with E-state index in [1.807, 2.05) is 0 Å². The van der Waals surface area contributed by atoms with Crippen molar-refractivity contribution >= 4 is 71.7 Å². The van der Waals surface area contributed by atoms with Crippen molar-refractivity contribution in [1.29, 1.82) is 0 Å². The number of hydrogen-bond donors (Lipinski definition) is 5. The fourth-order valence-corrected chi connectivity index (χ4v) is 9.66. The molecular formula is C22H24N10O11P2S2. The molecule has 6 N–H and O–H groups in total. The second kappa shape index (κ2) is 10.2. The summed E-state index contributed by atoms with van der Waals surface area (Å²) in [6, 6.07) is 0. The molecular weight excluding hydrogens is 706 g/mol. The minimum absolute atomic E-state index is 0.00247. The number of thiol groups is 1. The van der Waals surface area contributed by atoms with Crippen LogP contribution in [-0.4, -0.2) is 106 Å². The summed E-state index contributed by atoms with van der Waals surface area (Å²) in [6.45, 7) is -9.35. The van der Waals surface area contributed by atoms with Gasteiger partial charge in [-0.05, 0) is 11.8 Å². The number of hydrogen-bond acceptors (Lipinski definition) is 18. The van der Waals surface area contributed by atoms with E-state index in [0.29, 0.717) is 11.2 Å². The molecule has 5 fully saturated rings. The van der Waals surface area contributed by atoms with Crippen LogP contribution in [0.15, 0.2) is 23.8 Å². The highest BCUT2D eigenvalue weighted by Crippen LogP contribution is 2.63. The van der Waals surface area contributed by atoms with Gasteiger partial charge in [0.2, 0.25) is 5.95 Å². The van der Waals surface area contributed by atoms with Crippen molar-refractivity contribution in [2.45, 2.75) is 48.1 Å². The molecule has 0 saturated carbocycles. The van der Waals surface area contributed by atoms with Gasteiger partial charge in [-0.2, -0.15) is 4.98 Å². The minimum atomic E-state index is -4.22. The van der Waals surface area contributed by atoms with Crippen LogP contribution in [-0.2, 0) is 53.4 Å². The van der Waals surface area contributed by atoms with Gasteiger partial charge in [-0.3, -0.25) is 32.5 Å². The van der Waals surface area contributed by atoms with E-state index in [1.165, 1.54) is 23.5 Å². The third-order valence-electron chi connectivity index (χ3n) is 8.77. The average molecular weight is 731 g/mol. The van der Waals surface area contributed by atoms with E-state index in [9.17, 15) is 14.3 Å². The Balaban J connectivity index is 1.05. The standard InChI is InChI=1S/C22H24N10O11P2S2/c23-14-8-15(26-5-25-14)31(6-27-8)18-10-12-21(40-18,1-36-10)3-38-45(35,47)43-13-11-19(32-7-28-9-16(32)29-20(24)30-17(9)33)41-22(13,2-37-11)4-39-44(34,46)42-12/h5-7,10-13,18-19H,1-4H2,(H,34,46)(H,35,47)(H2,23,25,26)(H3,24,29,30,33)/t10-,11-,12+,13+,18-,19-,21-,22-,44?,45?/m1/s1. The number of anilines is 2. The molecule has 4 bridgehead atoms. The van der Waals surface area contributed by atoms with Crippen molar-refractivity contribution in [3.8, 4) is 0 Å².